The smallest absolute Gasteiger partial charge is 0.252 e. The number of hydrogen-bond acceptors (Lipinski definition) is 4. The van der Waals surface area contributed by atoms with Crippen molar-refractivity contribution in [3.05, 3.63) is 21.3 Å². The predicted octanol–water partition coefficient (Wildman–Crippen LogP) is 1.81. The highest BCUT2D eigenvalue weighted by atomic mass is 127. The van der Waals surface area contributed by atoms with Crippen LogP contribution < -0.4 is 20.5 Å². The number of methoxy groups -OCH3 is 2. The highest BCUT2D eigenvalue weighted by Crippen LogP contribution is 2.31. The van der Waals surface area contributed by atoms with Crippen LogP contribution in [0.3, 0.4) is 0 Å². The third-order valence-corrected chi connectivity index (χ3v) is 3.34. The van der Waals surface area contributed by atoms with Crippen LogP contribution in [0.2, 0.25) is 0 Å². The fraction of sp³-hybridized carbons (Fsp3) is 0.417. The summed E-state index contributed by atoms with van der Waals surface area (Å²) in [5.41, 5.74) is 6.03. The summed E-state index contributed by atoms with van der Waals surface area (Å²) in [6.07, 6.45) is 0. The molecule has 0 saturated heterocycles. The first-order valence-corrected chi connectivity index (χ1v) is 6.53. The van der Waals surface area contributed by atoms with E-state index in [1.165, 1.54) is 7.11 Å². The molecule has 1 aromatic carbocycles. The molecular weight excluding hydrogens is 383 g/mol. The van der Waals surface area contributed by atoms with Gasteiger partial charge in [0.15, 0.2) is 11.5 Å². The van der Waals surface area contributed by atoms with Crippen LogP contribution in [0.4, 0.5) is 0 Å². The van der Waals surface area contributed by atoms with E-state index in [-0.39, 0.29) is 24.4 Å². The Morgan fingerprint density at radius 1 is 1.37 bits per heavy atom. The molecule has 7 heteroatoms. The minimum absolute atomic E-state index is 0. The Balaban J connectivity index is 0.00000324. The summed E-state index contributed by atoms with van der Waals surface area (Å²) in [6, 6.07) is 3.36. The van der Waals surface area contributed by atoms with Gasteiger partial charge in [0.25, 0.3) is 5.91 Å². The molecule has 0 aromatic heterocycles. The van der Waals surface area contributed by atoms with Crippen LogP contribution in [0.5, 0.6) is 11.5 Å². The van der Waals surface area contributed by atoms with E-state index in [2.05, 4.69) is 27.9 Å². The van der Waals surface area contributed by atoms with Crippen molar-refractivity contribution in [1.29, 1.82) is 0 Å². The standard InChI is InChI=1S/C12H17IN2O3.ClH/c1-7(6-14)15-12(16)8-4-10(17-2)11(18-3)5-9(8)13;/h4-5,7H,6,14H2,1-3H3,(H,15,16);1H/t7-;/m0./s1. The molecule has 0 spiro atoms. The summed E-state index contributed by atoms with van der Waals surface area (Å²) in [7, 11) is 3.10. The second kappa shape index (κ2) is 8.44. The van der Waals surface area contributed by atoms with E-state index in [0.29, 0.717) is 23.6 Å². The number of carbonyl (C=O) groups excluding carboxylic acids is 1. The molecular formula is C12H18ClIN2O3. The van der Waals surface area contributed by atoms with Gasteiger partial charge in [-0.15, -0.1) is 12.4 Å². The van der Waals surface area contributed by atoms with Gasteiger partial charge in [0.2, 0.25) is 0 Å². The van der Waals surface area contributed by atoms with Crippen LogP contribution in [0.1, 0.15) is 17.3 Å². The number of halogens is 2. The summed E-state index contributed by atoms with van der Waals surface area (Å²) >= 11 is 2.09. The molecule has 19 heavy (non-hydrogen) atoms. The Labute approximate surface area is 132 Å². The highest BCUT2D eigenvalue weighted by Gasteiger charge is 2.16. The second-order valence-electron chi connectivity index (χ2n) is 3.80. The number of nitrogens with one attached hydrogen (secondary N) is 1. The lowest BCUT2D eigenvalue weighted by molar-refractivity contribution is 0.0940. The molecule has 108 valence electrons. The minimum atomic E-state index is -0.168. The zero-order valence-corrected chi connectivity index (χ0v) is 14.0. The average Bonchev–Trinajstić information content (AvgIpc) is 2.37. The normalized spacial score (nSPS) is 11.2. The van der Waals surface area contributed by atoms with E-state index >= 15 is 0 Å². The van der Waals surface area contributed by atoms with Gasteiger partial charge in [-0.3, -0.25) is 4.79 Å². The largest absolute Gasteiger partial charge is 0.493 e. The fourth-order valence-corrected chi connectivity index (χ4v) is 2.07. The summed E-state index contributed by atoms with van der Waals surface area (Å²) in [6.45, 7) is 2.25. The van der Waals surface area contributed by atoms with Gasteiger partial charge in [0.1, 0.15) is 0 Å². The van der Waals surface area contributed by atoms with Crippen molar-refractivity contribution < 1.29 is 14.3 Å². The number of carbonyl (C=O) groups is 1. The topological polar surface area (TPSA) is 73.6 Å². The molecule has 1 amide bonds. The average molecular weight is 401 g/mol. The Morgan fingerprint density at radius 3 is 2.37 bits per heavy atom. The predicted molar refractivity (Wildman–Crippen MR) is 85.5 cm³/mol. The molecule has 0 fully saturated rings. The summed E-state index contributed by atoms with van der Waals surface area (Å²) in [4.78, 5) is 12.0. The molecule has 5 nitrogen and oxygen atoms in total. The second-order valence-corrected chi connectivity index (χ2v) is 4.96. The first kappa shape index (κ1) is 18.3. The summed E-state index contributed by atoms with van der Waals surface area (Å²) < 4.78 is 11.2. The minimum Gasteiger partial charge on any atom is -0.493 e. The van der Waals surface area contributed by atoms with Crippen molar-refractivity contribution in [3.63, 3.8) is 0 Å². The quantitative estimate of drug-likeness (QED) is 0.739. The number of amides is 1. The SMILES string of the molecule is COc1cc(I)c(C(=O)N[C@@H](C)CN)cc1OC.Cl. The molecule has 0 aliphatic carbocycles. The lowest BCUT2D eigenvalue weighted by atomic mass is 10.1. The van der Waals surface area contributed by atoms with Crippen LogP contribution in [0.25, 0.3) is 0 Å². The van der Waals surface area contributed by atoms with Crippen molar-refractivity contribution in [2.75, 3.05) is 20.8 Å². The van der Waals surface area contributed by atoms with Crippen LogP contribution in [-0.4, -0.2) is 32.7 Å². The van der Waals surface area contributed by atoms with E-state index in [1.54, 1.807) is 19.2 Å². The molecule has 0 bridgehead atoms. The molecule has 1 atom stereocenters. The van der Waals surface area contributed by atoms with E-state index in [1.807, 2.05) is 6.92 Å². The maximum absolute atomic E-state index is 12.0. The maximum Gasteiger partial charge on any atom is 0.252 e. The zero-order valence-electron chi connectivity index (χ0n) is 11.0. The zero-order chi connectivity index (χ0) is 13.7. The molecule has 0 aliphatic heterocycles. The Kier molecular flexibility index (Phi) is 8.12. The monoisotopic (exact) mass is 400 g/mol. The lowest BCUT2D eigenvalue weighted by Crippen LogP contribution is -2.38. The van der Waals surface area contributed by atoms with Gasteiger partial charge in [-0.1, -0.05) is 0 Å². The van der Waals surface area contributed by atoms with Crippen LogP contribution in [-0.2, 0) is 0 Å². The molecule has 0 unspecified atom stereocenters. The van der Waals surface area contributed by atoms with E-state index < -0.39 is 0 Å². The number of rotatable bonds is 5. The summed E-state index contributed by atoms with van der Waals surface area (Å²) in [5, 5.41) is 2.81. The highest BCUT2D eigenvalue weighted by molar-refractivity contribution is 14.1. The molecule has 0 heterocycles. The number of nitrogens with two attached hydrogens (primary N) is 1. The number of benzene rings is 1. The maximum atomic E-state index is 12.0. The van der Waals surface area contributed by atoms with Crippen molar-refractivity contribution in [2.24, 2.45) is 5.73 Å². The Hall–Kier alpha value is -0.730. The third kappa shape index (κ3) is 4.70. The summed E-state index contributed by atoms with van der Waals surface area (Å²) in [5.74, 6) is 0.965. The van der Waals surface area contributed by atoms with Gasteiger partial charge >= 0.3 is 0 Å². The number of hydrogen-bond donors (Lipinski definition) is 2. The molecule has 0 radical (unpaired) electrons. The van der Waals surface area contributed by atoms with Gasteiger partial charge in [0, 0.05) is 16.2 Å². The number of ether oxygens (including phenoxy) is 2. The Morgan fingerprint density at radius 2 is 1.89 bits per heavy atom. The van der Waals surface area contributed by atoms with E-state index in [0.717, 1.165) is 3.57 Å². The van der Waals surface area contributed by atoms with Crippen molar-refractivity contribution in [3.8, 4) is 11.5 Å². The molecule has 3 N–H and O–H groups in total. The Bertz CT molecular complexity index is 443. The van der Waals surface area contributed by atoms with Crippen LogP contribution in [0.15, 0.2) is 12.1 Å². The molecule has 0 saturated carbocycles. The van der Waals surface area contributed by atoms with Gasteiger partial charge in [0.05, 0.1) is 19.8 Å². The first-order chi connectivity index (χ1) is 8.53. The van der Waals surface area contributed by atoms with Gasteiger partial charge in [-0.05, 0) is 41.6 Å². The van der Waals surface area contributed by atoms with Gasteiger partial charge < -0.3 is 20.5 Å². The first-order valence-electron chi connectivity index (χ1n) is 5.46. The van der Waals surface area contributed by atoms with Gasteiger partial charge in [-0.25, -0.2) is 0 Å². The van der Waals surface area contributed by atoms with Crippen LogP contribution in [0, 0.1) is 3.57 Å². The fourth-order valence-electron chi connectivity index (χ4n) is 1.39. The molecule has 0 aliphatic rings. The van der Waals surface area contributed by atoms with E-state index in [9.17, 15) is 4.79 Å². The van der Waals surface area contributed by atoms with Gasteiger partial charge in [-0.2, -0.15) is 0 Å². The van der Waals surface area contributed by atoms with Crippen molar-refractivity contribution in [1.82, 2.24) is 5.32 Å². The van der Waals surface area contributed by atoms with Crippen molar-refractivity contribution in [2.45, 2.75) is 13.0 Å². The molecule has 1 rings (SSSR count). The van der Waals surface area contributed by atoms with Crippen molar-refractivity contribution >= 4 is 40.9 Å². The third-order valence-electron chi connectivity index (χ3n) is 2.45. The lowest BCUT2D eigenvalue weighted by Gasteiger charge is -2.14. The van der Waals surface area contributed by atoms with Crippen LogP contribution >= 0.6 is 35.0 Å². The molecule has 1 aromatic rings. The van der Waals surface area contributed by atoms with E-state index in [4.69, 9.17) is 15.2 Å².